The number of hydrogen-bond acceptors (Lipinski definition) is 8. The largest absolute Gasteiger partial charge is 0.465 e. The van der Waals surface area contributed by atoms with E-state index in [1.54, 1.807) is 0 Å². The fourth-order valence-corrected chi connectivity index (χ4v) is 10.8. The smallest absolute Gasteiger partial charge is 0.312 e. The first kappa shape index (κ1) is 63.9. The minimum atomic E-state index is -0.372. The Kier molecular flexibility index (Phi) is 24.6. The van der Waals surface area contributed by atoms with Gasteiger partial charge < -0.3 is 33.2 Å². The quantitative estimate of drug-likeness (QED) is 0.0818. The van der Waals surface area contributed by atoms with Crippen molar-refractivity contribution in [2.24, 2.45) is 29.1 Å². The van der Waals surface area contributed by atoms with Crippen LogP contribution in [0.15, 0.2) is 72.8 Å². The van der Waals surface area contributed by atoms with Gasteiger partial charge in [0, 0.05) is 6.61 Å². The molecule has 0 radical (unpaired) electrons. The predicted molar refractivity (Wildman–Crippen MR) is 311 cm³/mol. The fourth-order valence-electron chi connectivity index (χ4n) is 10.8. The van der Waals surface area contributed by atoms with E-state index in [4.69, 9.17) is 33.2 Å². The Bertz CT molecular complexity index is 2040. The molecule has 8 nitrogen and oxygen atoms in total. The van der Waals surface area contributed by atoms with Crippen molar-refractivity contribution in [3.8, 4) is 17.2 Å². The molecule has 8 heteroatoms. The number of benzene rings is 3. The summed E-state index contributed by atoms with van der Waals surface area (Å²) in [4.78, 5) is 11.5. The van der Waals surface area contributed by atoms with Crippen molar-refractivity contribution in [3.63, 3.8) is 0 Å². The fraction of sp³-hybridized carbons (Fsp3) is 0.716. The van der Waals surface area contributed by atoms with Gasteiger partial charge in [-0.1, -0.05) is 125 Å². The third-order valence-electron chi connectivity index (χ3n) is 17.1. The van der Waals surface area contributed by atoms with Crippen LogP contribution in [0, 0.1) is 29.1 Å². The molecule has 0 amide bonds. The molecule has 0 spiro atoms. The van der Waals surface area contributed by atoms with Crippen LogP contribution in [0.5, 0.6) is 17.2 Å². The molecule has 5 aliphatic rings. The lowest BCUT2D eigenvalue weighted by molar-refractivity contribution is -0.191. The molecule has 0 N–H and O–H groups in total. The third kappa shape index (κ3) is 20.6. The van der Waals surface area contributed by atoms with Crippen LogP contribution in [-0.4, -0.2) is 49.3 Å². The van der Waals surface area contributed by atoms with E-state index in [1.807, 2.05) is 74.4 Å². The molecule has 0 aromatic heterocycles. The van der Waals surface area contributed by atoms with Gasteiger partial charge in [0.05, 0.1) is 17.6 Å². The third-order valence-corrected chi connectivity index (χ3v) is 17.1. The number of esters is 1. The zero-order chi connectivity index (χ0) is 55.8. The Morgan fingerprint density at radius 3 is 1.17 bits per heavy atom. The summed E-state index contributed by atoms with van der Waals surface area (Å²) >= 11 is 0. The van der Waals surface area contributed by atoms with Crippen molar-refractivity contribution >= 4 is 5.97 Å². The molecule has 0 aliphatic heterocycles. The highest BCUT2D eigenvalue weighted by molar-refractivity contribution is 5.76. The first-order valence-corrected chi connectivity index (χ1v) is 29.6. The molecule has 5 fully saturated rings. The monoisotopic (exact) mass is 1040 g/mol. The molecule has 75 heavy (non-hydrogen) atoms. The number of carbonyl (C=O) groups excluding carboxylic acids is 1. The summed E-state index contributed by atoms with van der Waals surface area (Å²) < 4.78 is 40.6. The van der Waals surface area contributed by atoms with Crippen molar-refractivity contribution < 1.29 is 38.0 Å². The molecule has 5 aliphatic carbocycles. The van der Waals surface area contributed by atoms with Gasteiger partial charge in [-0.05, 0) is 226 Å². The zero-order valence-corrected chi connectivity index (χ0v) is 51.0. The van der Waals surface area contributed by atoms with Gasteiger partial charge in [0.15, 0.2) is 18.9 Å². The van der Waals surface area contributed by atoms with E-state index in [0.29, 0.717) is 18.8 Å². The van der Waals surface area contributed by atoms with Crippen LogP contribution >= 0.6 is 0 Å². The van der Waals surface area contributed by atoms with Gasteiger partial charge in [-0.2, -0.15) is 0 Å². The maximum atomic E-state index is 11.5. The van der Waals surface area contributed by atoms with Crippen molar-refractivity contribution in [2.45, 2.75) is 274 Å². The average Bonchev–Trinajstić information content (AvgIpc) is 3.36. The van der Waals surface area contributed by atoms with Crippen LogP contribution in [-0.2, 0) is 40.0 Å². The lowest BCUT2D eigenvalue weighted by atomic mass is 9.55. The second-order valence-corrected chi connectivity index (χ2v) is 26.0. The van der Waals surface area contributed by atoms with Gasteiger partial charge in [-0.15, -0.1) is 0 Å². The van der Waals surface area contributed by atoms with Crippen molar-refractivity contribution in [1.82, 2.24) is 0 Å². The van der Waals surface area contributed by atoms with Gasteiger partial charge in [0.1, 0.15) is 22.8 Å². The van der Waals surface area contributed by atoms with E-state index >= 15 is 0 Å². The van der Waals surface area contributed by atoms with Crippen LogP contribution < -0.4 is 14.2 Å². The summed E-state index contributed by atoms with van der Waals surface area (Å²) in [6.45, 7) is 40.4. The Morgan fingerprint density at radius 1 is 0.480 bits per heavy atom. The van der Waals surface area contributed by atoms with E-state index in [-0.39, 0.29) is 52.1 Å². The van der Waals surface area contributed by atoms with Crippen LogP contribution in [0.1, 0.15) is 238 Å². The highest BCUT2D eigenvalue weighted by atomic mass is 16.7. The topological polar surface area (TPSA) is 81.7 Å². The van der Waals surface area contributed by atoms with Crippen LogP contribution in [0.4, 0.5) is 0 Å². The van der Waals surface area contributed by atoms with E-state index in [1.165, 1.54) is 80.9 Å². The summed E-state index contributed by atoms with van der Waals surface area (Å²) in [5.41, 5.74) is 4.02. The molecule has 5 saturated carbocycles. The van der Waals surface area contributed by atoms with Crippen LogP contribution in [0.3, 0.4) is 0 Å². The summed E-state index contributed by atoms with van der Waals surface area (Å²) in [7, 11) is 0. The molecule has 0 saturated heterocycles. The second kappa shape index (κ2) is 28.9. The Hall–Kier alpha value is -3.59. The van der Waals surface area contributed by atoms with Crippen LogP contribution in [0.25, 0.3) is 0 Å². The first-order chi connectivity index (χ1) is 35.1. The van der Waals surface area contributed by atoms with Gasteiger partial charge >= 0.3 is 5.97 Å². The minimum absolute atomic E-state index is 0.113. The molecule has 424 valence electrons. The number of hydrogen-bond donors (Lipinski definition) is 0. The first-order valence-electron chi connectivity index (χ1n) is 29.6. The Balaban J connectivity index is 0.000000224. The molecule has 3 aromatic carbocycles. The second-order valence-electron chi connectivity index (χ2n) is 26.0. The van der Waals surface area contributed by atoms with E-state index in [9.17, 15) is 4.79 Å². The molecule has 8 rings (SSSR count). The van der Waals surface area contributed by atoms with Gasteiger partial charge in [0.25, 0.3) is 0 Å². The van der Waals surface area contributed by atoms with E-state index in [0.717, 1.165) is 66.6 Å². The SMILES string of the molecule is CCC(C)(C)C(=O)OC(C)(C)C.CCC(C)(C)c1ccc(OC(C)OC2C3CC4CC(C3)CC2C4)cc1.CCC(C)(C)c1ccc(OC(C)OC2CCCCC2)cc1.CCOC(C)Oc1ccc(C(C)(C)CC)cc1. The number of ether oxygens (including phenoxy) is 7. The minimum Gasteiger partial charge on any atom is -0.465 e. The molecule has 0 heterocycles. The molecule has 3 unspecified atom stereocenters. The maximum absolute atomic E-state index is 11.5. The average molecular weight is 1040 g/mol. The highest BCUT2D eigenvalue weighted by Crippen LogP contribution is 2.55. The summed E-state index contributed by atoms with van der Waals surface area (Å²) in [6.07, 6.45) is 17.9. The standard InChI is InChI=1S/C23H34O2.C19H30O2.C15H24O2.C10H20O2/c1-5-23(3,4)20-6-8-21(9-7-20)24-15(2)25-22-18-11-16-10-17(13-18)14-19(22)12-16;1-5-19(3,4)16-11-13-18(14-12-16)21-15(2)20-17-9-7-6-8-10-17;1-6-15(4,5)13-8-10-14(11-9-13)17-12(3)16-7-2;1-7-10(5,6)8(11)12-9(2,3)4/h6-9,15-19,22H,5,10-14H2,1-4H3;11-15,17H,5-10H2,1-4H3;8-12H,6-7H2,1-5H3;7H2,1-6H3. The molecule has 4 bridgehead atoms. The number of carbonyl (C=O) groups is 1. The predicted octanol–water partition coefficient (Wildman–Crippen LogP) is 18.3. The summed E-state index contributed by atoms with van der Waals surface area (Å²) in [5.74, 6) is 6.13. The van der Waals surface area contributed by atoms with E-state index in [2.05, 4.69) is 130 Å². The van der Waals surface area contributed by atoms with Crippen LogP contribution in [0.2, 0.25) is 0 Å². The van der Waals surface area contributed by atoms with E-state index < -0.39 is 0 Å². The highest BCUT2D eigenvalue weighted by Gasteiger charge is 2.49. The Labute approximate surface area is 458 Å². The lowest BCUT2D eigenvalue weighted by Crippen LogP contribution is -2.50. The van der Waals surface area contributed by atoms with Gasteiger partial charge in [0.2, 0.25) is 0 Å². The van der Waals surface area contributed by atoms with Crippen molar-refractivity contribution in [3.05, 3.63) is 89.5 Å². The molecular formula is C67H108O8. The van der Waals surface area contributed by atoms with Gasteiger partial charge in [-0.25, -0.2) is 0 Å². The van der Waals surface area contributed by atoms with Crippen molar-refractivity contribution in [1.29, 1.82) is 0 Å². The number of rotatable bonds is 20. The normalized spacial score (nSPS) is 21.9. The van der Waals surface area contributed by atoms with Crippen molar-refractivity contribution in [2.75, 3.05) is 6.61 Å². The summed E-state index contributed by atoms with van der Waals surface area (Å²) in [6, 6.07) is 25.4. The zero-order valence-electron chi connectivity index (χ0n) is 51.0. The molecular weight excluding hydrogens is 933 g/mol. The van der Waals surface area contributed by atoms with Gasteiger partial charge in [-0.3, -0.25) is 4.79 Å². The Morgan fingerprint density at radius 2 is 0.840 bits per heavy atom. The maximum Gasteiger partial charge on any atom is 0.312 e. The molecule has 3 aromatic rings. The molecule has 3 atom stereocenters. The summed E-state index contributed by atoms with van der Waals surface area (Å²) in [5, 5.41) is 0. The lowest BCUT2D eigenvalue weighted by Gasteiger charge is -2.54.